The van der Waals surface area contributed by atoms with Crippen molar-refractivity contribution in [2.45, 2.75) is 26.2 Å². The number of methoxy groups -OCH3 is 1. The van der Waals surface area contributed by atoms with Gasteiger partial charge in [0.1, 0.15) is 10.6 Å². The van der Waals surface area contributed by atoms with E-state index in [9.17, 15) is 19.5 Å². The number of esters is 1. The highest BCUT2D eigenvalue weighted by Gasteiger charge is 2.48. The van der Waals surface area contributed by atoms with Crippen LogP contribution in [-0.2, 0) is 20.7 Å². The molecule has 0 unspecified atom stereocenters. The molecule has 7 heteroatoms. The zero-order valence-corrected chi connectivity index (χ0v) is 18.3. The predicted octanol–water partition coefficient (Wildman–Crippen LogP) is 4.62. The van der Waals surface area contributed by atoms with E-state index in [2.05, 4.69) is 5.32 Å². The maximum absolute atomic E-state index is 13.3. The Bertz CT molecular complexity index is 1040. The largest absolute Gasteiger partial charge is 0.481 e. The van der Waals surface area contributed by atoms with E-state index in [1.54, 1.807) is 0 Å². The van der Waals surface area contributed by atoms with Gasteiger partial charge in [-0.1, -0.05) is 49.4 Å². The number of thiophene rings is 1. The second-order valence-corrected chi connectivity index (χ2v) is 9.09. The van der Waals surface area contributed by atoms with E-state index in [4.69, 9.17) is 4.74 Å². The second kappa shape index (κ2) is 8.67. The van der Waals surface area contributed by atoms with Gasteiger partial charge in [-0.05, 0) is 36.7 Å². The van der Waals surface area contributed by atoms with Crippen LogP contribution in [-0.4, -0.2) is 30.1 Å². The number of allylic oxidation sites excluding steroid dienone is 2. The van der Waals surface area contributed by atoms with Crippen LogP contribution in [0, 0.1) is 23.7 Å². The van der Waals surface area contributed by atoms with Crippen LogP contribution in [0.4, 0.5) is 5.00 Å². The number of rotatable bonds is 6. The number of carboxylic acids is 1. The number of ether oxygens (including phenoxy) is 1. The number of carboxylic acid groups (broad SMARTS) is 1. The van der Waals surface area contributed by atoms with Crippen LogP contribution < -0.4 is 5.32 Å². The lowest BCUT2D eigenvalue weighted by atomic mass is 9.62. The van der Waals surface area contributed by atoms with Crippen LogP contribution in [0.15, 0.2) is 42.5 Å². The van der Waals surface area contributed by atoms with Crippen LogP contribution in [0.5, 0.6) is 0 Å². The van der Waals surface area contributed by atoms with Crippen molar-refractivity contribution in [2.75, 3.05) is 12.4 Å². The summed E-state index contributed by atoms with van der Waals surface area (Å²) in [5, 5.41) is 13.1. The van der Waals surface area contributed by atoms with Crippen molar-refractivity contribution in [3.63, 3.8) is 0 Å². The highest BCUT2D eigenvalue weighted by atomic mass is 32.1. The fourth-order valence-electron chi connectivity index (χ4n) is 4.91. The number of hydrogen-bond acceptors (Lipinski definition) is 5. The molecular weight excluding hydrogens is 414 g/mol. The Morgan fingerprint density at radius 1 is 1.10 bits per heavy atom. The van der Waals surface area contributed by atoms with Crippen LogP contribution in [0.3, 0.4) is 0 Å². The molecule has 1 aromatic heterocycles. The molecule has 0 saturated heterocycles. The van der Waals surface area contributed by atoms with Gasteiger partial charge in [0.25, 0.3) is 0 Å². The Labute approximate surface area is 184 Å². The SMILES string of the molecule is CCc1sc(NC(=O)[C@H]2[C@@H](C(=O)O)[C@H]3C=C[C@H]2CC3)c(C(=O)OC)c1-c1ccccc1. The average molecular weight is 440 g/mol. The van der Waals surface area contributed by atoms with Gasteiger partial charge in [-0.25, -0.2) is 4.79 Å². The number of anilines is 1. The number of amides is 1. The molecule has 2 aromatic rings. The normalized spacial score (nSPS) is 24.1. The van der Waals surface area contributed by atoms with Gasteiger partial charge in [-0.2, -0.15) is 0 Å². The van der Waals surface area contributed by atoms with E-state index < -0.39 is 23.8 Å². The monoisotopic (exact) mass is 439 g/mol. The Balaban J connectivity index is 1.74. The average Bonchev–Trinajstić information content (AvgIpc) is 3.17. The standard InChI is InChI=1S/C24H25NO5S/c1-3-16-17(13-7-5-4-6-8-13)20(24(29)30-2)22(31-16)25-21(26)18-14-9-11-15(12-10-14)19(18)23(27)28/h4-9,11,14-15,18-19H,3,10,12H2,1-2H3,(H,25,26)(H,27,28)/t14-,15-,18+,19-/m0/s1. The van der Waals surface area contributed by atoms with Gasteiger partial charge >= 0.3 is 11.9 Å². The predicted molar refractivity (Wildman–Crippen MR) is 119 cm³/mol. The molecule has 6 nitrogen and oxygen atoms in total. The molecule has 0 radical (unpaired) electrons. The highest BCUT2D eigenvalue weighted by Crippen LogP contribution is 2.47. The van der Waals surface area contributed by atoms with Gasteiger partial charge in [-0.15, -0.1) is 11.3 Å². The van der Waals surface area contributed by atoms with Gasteiger partial charge < -0.3 is 15.2 Å². The summed E-state index contributed by atoms with van der Waals surface area (Å²) in [6, 6.07) is 9.54. The van der Waals surface area contributed by atoms with Gasteiger partial charge in [-0.3, -0.25) is 9.59 Å². The van der Waals surface area contributed by atoms with Crippen molar-refractivity contribution in [3.05, 3.63) is 52.9 Å². The number of nitrogens with one attached hydrogen (secondary N) is 1. The molecule has 1 aromatic carbocycles. The van der Waals surface area contributed by atoms with Crippen LogP contribution in [0.1, 0.15) is 35.0 Å². The molecule has 0 spiro atoms. The molecule has 0 aliphatic heterocycles. The summed E-state index contributed by atoms with van der Waals surface area (Å²) < 4.78 is 5.04. The molecule has 1 saturated carbocycles. The van der Waals surface area contributed by atoms with Gasteiger partial charge in [0, 0.05) is 10.4 Å². The number of aryl methyl sites for hydroxylation is 1. The Morgan fingerprint density at radius 3 is 2.29 bits per heavy atom. The summed E-state index contributed by atoms with van der Waals surface area (Å²) in [5.74, 6) is -3.45. The number of fused-ring (bicyclic) bond motifs is 2. The molecule has 1 amide bonds. The first kappa shape index (κ1) is 21.3. The molecule has 3 aliphatic carbocycles. The lowest BCUT2D eigenvalue weighted by Gasteiger charge is -2.41. The summed E-state index contributed by atoms with van der Waals surface area (Å²) in [4.78, 5) is 39.0. The fourth-order valence-corrected chi connectivity index (χ4v) is 6.06. The van der Waals surface area contributed by atoms with Gasteiger partial charge in [0.05, 0.1) is 18.9 Å². The minimum absolute atomic E-state index is 0.105. The van der Waals surface area contributed by atoms with E-state index in [0.29, 0.717) is 17.0 Å². The number of aliphatic carboxylic acids is 1. The molecule has 2 bridgehead atoms. The number of carbonyl (C=O) groups is 3. The Morgan fingerprint density at radius 2 is 1.74 bits per heavy atom. The Kier molecular flexibility index (Phi) is 5.96. The molecule has 31 heavy (non-hydrogen) atoms. The van der Waals surface area contributed by atoms with Crippen molar-refractivity contribution in [3.8, 4) is 11.1 Å². The molecule has 1 fully saturated rings. The fraction of sp³-hybridized carbons (Fsp3) is 0.375. The maximum atomic E-state index is 13.3. The van der Waals surface area contributed by atoms with E-state index in [1.807, 2.05) is 49.4 Å². The number of carbonyl (C=O) groups excluding carboxylic acids is 2. The van der Waals surface area contributed by atoms with E-state index >= 15 is 0 Å². The summed E-state index contributed by atoms with van der Waals surface area (Å²) in [5.41, 5.74) is 1.96. The zero-order valence-electron chi connectivity index (χ0n) is 17.5. The lowest BCUT2D eigenvalue weighted by molar-refractivity contribution is -0.151. The van der Waals surface area contributed by atoms with Crippen molar-refractivity contribution in [1.29, 1.82) is 0 Å². The summed E-state index contributed by atoms with van der Waals surface area (Å²) in [7, 11) is 1.32. The maximum Gasteiger partial charge on any atom is 0.341 e. The van der Waals surface area contributed by atoms with Gasteiger partial charge in [0.2, 0.25) is 5.91 Å². The highest BCUT2D eigenvalue weighted by molar-refractivity contribution is 7.17. The smallest absolute Gasteiger partial charge is 0.341 e. The van der Waals surface area contributed by atoms with Crippen LogP contribution in [0.2, 0.25) is 0 Å². The molecule has 1 heterocycles. The first-order valence-electron chi connectivity index (χ1n) is 10.5. The van der Waals surface area contributed by atoms with Crippen LogP contribution in [0.25, 0.3) is 11.1 Å². The van der Waals surface area contributed by atoms with E-state index in [0.717, 1.165) is 28.8 Å². The summed E-state index contributed by atoms with van der Waals surface area (Å²) >= 11 is 1.35. The second-order valence-electron chi connectivity index (χ2n) is 7.98. The molecule has 4 atom stereocenters. The van der Waals surface area contributed by atoms with Crippen LogP contribution >= 0.6 is 11.3 Å². The van der Waals surface area contributed by atoms with E-state index in [-0.39, 0.29) is 17.7 Å². The third-order valence-electron chi connectivity index (χ3n) is 6.33. The molecular formula is C24H25NO5S. The lowest BCUT2D eigenvalue weighted by Crippen LogP contribution is -2.47. The van der Waals surface area contributed by atoms with Crippen molar-refractivity contribution in [1.82, 2.24) is 0 Å². The minimum atomic E-state index is -0.946. The first-order valence-corrected chi connectivity index (χ1v) is 11.3. The third kappa shape index (κ3) is 3.78. The van der Waals surface area contributed by atoms with Crippen molar-refractivity contribution >= 4 is 34.2 Å². The minimum Gasteiger partial charge on any atom is -0.481 e. The summed E-state index contributed by atoms with van der Waals surface area (Å²) in [6.07, 6.45) is 6.17. The molecule has 162 valence electrons. The number of benzene rings is 1. The number of hydrogen-bond donors (Lipinski definition) is 2. The molecule has 2 N–H and O–H groups in total. The quantitative estimate of drug-likeness (QED) is 0.506. The summed E-state index contributed by atoms with van der Waals surface area (Å²) in [6.45, 7) is 2.00. The topological polar surface area (TPSA) is 92.7 Å². The van der Waals surface area contributed by atoms with Crippen molar-refractivity contribution in [2.24, 2.45) is 23.7 Å². The molecule has 3 aliphatic rings. The van der Waals surface area contributed by atoms with Gasteiger partial charge in [0.15, 0.2) is 0 Å². The Hall–Kier alpha value is -2.93. The third-order valence-corrected chi connectivity index (χ3v) is 7.58. The zero-order chi connectivity index (χ0) is 22.1. The molecule has 5 rings (SSSR count). The van der Waals surface area contributed by atoms with Crippen molar-refractivity contribution < 1.29 is 24.2 Å². The first-order chi connectivity index (χ1) is 15.0. The van der Waals surface area contributed by atoms with E-state index in [1.165, 1.54) is 18.4 Å².